The van der Waals surface area contributed by atoms with Gasteiger partial charge in [-0.25, -0.2) is 0 Å². The maximum absolute atomic E-state index is 5.70. The van der Waals surface area contributed by atoms with Crippen LogP contribution in [0.3, 0.4) is 0 Å². The van der Waals surface area contributed by atoms with Gasteiger partial charge in [0.25, 0.3) is 0 Å². The number of hydrogen-bond acceptors (Lipinski definition) is 3. The van der Waals surface area contributed by atoms with Crippen molar-refractivity contribution in [3.05, 3.63) is 17.5 Å². The summed E-state index contributed by atoms with van der Waals surface area (Å²) in [5.74, 6) is 5.70. The summed E-state index contributed by atoms with van der Waals surface area (Å²) >= 11 is 0. The van der Waals surface area contributed by atoms with Crippen LogP contribution in [0.1, 0.15) is 45.5 Å². The number of nitrogens with zero attached hydrogens (tertiary/aromatic N) is 2. The van der Waals surface area contributed by atoms with Crippen molar-refractivity contribution in [3.8, 4) is 0 Å². The quantitative estimate of drug-likeness (QED) is 0.589. The van der Waals surface area contributed by atoms with Crippen LogP contribution in [-0.4, -0.2) is 15.8 Å². The lowest BCUT2D eigenvalue weighted by molar-refractivity contribution is 0.228. The normalized spacial score (nSPS) is 14.0. The van der Waals surface area contributed by atoms with E-state index in [0.717, 1.165) is 25.1 Å². The molecule has 0 amide bonds. The topological polar surface area (TPSA) is 55.9 Å². The van der Waals surface area contributed by atoms with E-state index in [2.05, 4.69) is 49.0 Å². The van der Waals surface area contributed by atoms with Crippen LogP contribution in [-0.2, 0) is 13.0 Å². The number of hydrogen-bond donors (Lipinski definition) is 2. The van der Waals surface area contributed by atoms with Crippen LogP contribution in [0.4, 0.5) is 0 Å². The molecule has 0 bridgehead atoms. The highest BCUT2D eigenvalue weighted by Gasteiger charge is 2.27. The van der Waals surface area contributed by atoms with E-state index in [4.69, 9.17) is 5.84 Å². The smallest absolute Gasteiger partial charge is 0.0596 e. The Kier molecular flexibility index (Phi) is 4.71. The van der Waals surface area contributed by atoms with Crippen molar-refractivity contribution in [2.75, 3.05) is 0 Å². The van der Waals surface area contributed by atoms with Gasteiger partial charge in [-0.15, -0.1) is 0 Å². The average Bonchev–Trinajstić information content (AvgIpc) is 2.66. The lowest BCUT2D eigenvalue weighted by Crippen LogP contribution is -2.47. The van der Waals surface area contributed by atoms with Gasteiger partial charge in [-0.2, -0.15) is 5.10 Å². The zero-order valence-corrected chi connectivity index (χ0v) is 11.7. The molecule has 17 heavy (non-hydrogen) atoms. The molecule has 0 radical (unpaired) electrons. The fourth-order valence-corrected chi connectivity index (χ4v) is 2.05. The first-order valence-electron chi connectivity index (χ1n) is 6.44. The second-order valence-electron chi connectivity index (χ2n) is 5.36. The van der Waals surface area contributed by atoms with Crippen LogP contribution in [0.25, 0.3) is 0 Å². The number of aryl methyl sites for hydroxylation is 2. The van der Waals surface area contributed by atoms with Crippen LogP contribution in [0.5, 0.6) is 0 Å². The van der Waals surface area contributed by atoms with Crippen LogP contribution in [0, 0.1) is 12.3 Å². The van der Waals surface area contributed by atoms with Gasteiger partial charge in [0.2, 0.25) is 0 Å². The summed E-state index contributed by atoms with van der Waals surface area (Å²) in [4.78, 5) is 0. The molecule has 4 heteroatoms. The minimum Gasteiger partial charge on any atom is -0.271 e. The Morgan fingerprint density at radius 3 is 2.59 bits per heavy atom. The van der Waals surface area contributed by atoms with Crippen LogP contribution in [0.15, 0.2) is 6.07 Å². The minimum atomic E-state index is 0.186. The van der Waals surface area contributed by atoms with Gasteiger partial charge in [0.05, 0.1) is 5.69 Å². The molecule has 1 atom stereocenters. The molecule has 1 rings (SSSR count). The molecule has 0 saturated heterocycles. The van der Waals surface area contributed by atoms with Crippen molar-refractivity contribution in [2.45, 2.75) is 60.0 Å². The van der Waals surface area contributed by atoms with Crippen LogP contribution in [0.2, 0.25) is 0 Å². The highest BCUT2D eigenvalue weighted by Crippen LogP contribution is 2.27. The second kappa shape index (κ2) is 5.65. The van der Waals surface area contributed by atoms with E-state index < -0.39 is 0 Å². The molecule has 98 valence electrons. The Labute approximate surface area is 105 Å². The van der Waals surface area contributed by atoms with E-state index in [9.17, 15) is 0 Å². The third kappa shape index (κ3) is 3.30. The highest BCUT2D eigenvalue weighted by atomic mass is 15.3. The molecule has 1 unspecified atom stereocenters. The standard InChI is InChI=1S/C13H26N4/c1-6-13(4,5)12(15-14)9-11-8-10(3)16-17(11)7-2/h8,12,15H,6-7,9,14H2,1-5H3. The fraction of sp³-hybridized carbons (Fsp3) is 0.769. The Morgan fingerprint density at radius 1 is 1.47 bits per heavy atom. The molecule has 0 aliphatic carbocycles. The van der Waals surface area contributed by atoms with Crippen molar-refractivity contribution in [2.24, 2.45) is 11.3 Å². The molecule has 0 aromatic carbocycles. The predicted molar refractivity (Wildman–Crippen MR) is 71.5 cm³/mol. The summed E-state index contributed by atoms with van der Waals surface area (Å²) in [5, 5.41) is 4.47. The van der Waals surface area contributed by atoms with Gasteiger partial charge in [-0.05, 0) is 31.7 Å². The Morgan fingerprint density at radius 2 is 2.12 bits per heavy atom. The van der Waals surface area contributed by atoms with E-state index in [0.29, 0.717) is 0 Å². The number of aromatic nitrogens is 2. The molecule has 0 spiro atoms. The third-order valence-electron chi connectivity index (χ3n) is 3.75. The van der Waals surface area contributed by atoms with Gasteiger partial charge >= 0.3 is 0 Å². The second-order valence-corrected chi connectivity index (χ2v) is 5.36. The third-order valence-corrected chi connectivity index (χ3v) is 3.75. The van der Waals surface area contributed by atoms with Crippen molar-refractivity contribution in [1.82, 2.24) is 15.2 Å². The molecule has 1 aromatic heterocycles. The van der Waals surface area contributed by atoms with Crippen molar-refractivity contribution in [1.29, 1.82) is 0 Å². The van der Waals surface area contributed by atoms with E-state index in [1.165, 1.54) is 5.69 Å². The zero-order chi connectivity index (χ0) is 13.1. The van der Waals surface area contributed by atoms with Gasteiger partial charge in [0, 0.05) is 24.7 Å². The molecule has 1 aromatic rings. The van der Waals surface area contributed by atoms with Crippen LogP contribution < -0.4 is 11.3 Å². The number of hydrazine groups is 1. The van der Waals surface area contributed by atoms with Gasteiger partial charge < -0.3 is 0 Å². The summed E-state index contributed by atoms with van der Waals surface area (Å²) in [6.07, 6.45) is 2.02. The maximum atomic E-state index is 5.70. The first-order valence-corrected chi connectivity index (χ1v) is 6.44. The summed E-state index contributed by atoms with van der Waals surface area (Å²) in [6.45, 7) is 11.8. The maximum Gasteiger partial charge on any atom is 0.0596 e. The Hall–Kier alpha value is -0.870. The Balaban J connectivity index is 2.87. The number of nitrogens with two attached hydrogens (primary N) is 1. The first-order chi connectivity index (χ1) is 7.94. The molecular weight excluding hydrogens is 212 g/mol. The molecule has 0 fully saturated rings. The molecule has 0 aliphatic rings. The van der Waals surface area contributed by atoms with E-state index in [1.54, 1.807) is 0 Å². The van der Waals surface area contributed by atoms with Gasteiger partial charge in [-0.1, -0.05) is 20.8 Å². The van der Waals surface area contributed by atoms with E-state index >= 15 is 0 Å². The monoisotopic (exact) mass is 238 g/mol. The van der Waals surface area contributed by atoms with Crippen molar-refractivity contribution < 1.29 is 0 Å². The molecule has 1 heterocycles. The SMILES string of the molecule is CCn1nc(C)cc1CC(NN)C(C)(C)CC. The van der Waals surface area contributed by atoms with E-state index in [1.807, 2.05) is 6.92 Å². The zero-order valence-electron chi connectivity index (χ0n) is 11.7. The summed E-state index contributed by atoms with van der Waals surface area (Å²) < 4.78 is 2.06. The van der Waals surface area contributed by atoms with Gasteiger partial charge in [0.15, 0.2) is 0 Å². The summed E-state index contributed by atoms with van der Waals surface area (Å²) in [6, 6.07) is 2.42. The van der Waals surface area contributed by atoms with Crippen molar-refractivity contribution in [3.63, 3.8) is 0 Å². The van der Waals surface area contributed by atoms with Crippen molar-refractivity contribution >= 4 is 0 Å². The fourth-order valence-electron chi connectivity index (χ4n) is 2.05. The molecule has 0 aliphatic heterocycles. The first kappa shape index (κ1) is 14.2. The molecular formula is C13H26N4. The Bertz CT molecular complexity index is 354. The number of nitrogens with one attached hydrogen (secondary N) is 1. The lowest BCUT2D eigenvalue weighted by Gasteiger charge is -2.33. The lowest BCUT2D eigenvalue weighted by atomic mass is 9.80. The average molecular weight is 238 g/mol. The molecule has 3 N–H and O–H groups in total. The number of rotatable bonds is 6. The molecule has 4 nitrogen and oxygen atoms in total. The molecule has 0 saturated carbocycles. The largest absolute Gasteiger partial charge is 0.271 e. The van der Waals surface area contributed by atoms with E-state index in [-0.39, 0.29) is 11.5 Å². The van der Waals surface area contributed by atoms with Gasteiger partial charge in [-0.3, -0.25) is 16.0 Å². The van der Waals surface area contributed by atoms with Crippen LogP contribution >= 0.6 is 0 Å². The minimum absolute atomic E-state index is 0.186. The summed E-state index contributed by atoms with van der Waals surface area (Å²) in [5.41, 5.74) is 5.48. The predicted octanol–water partition coefficient (Wildman–Crippen LogP) is 2.02. The van der Waals surface area contributed by atoms with Gasteiger partial charge in [0.1, 0.15) is 0 Å². The summed E-state index contributed by atoms with van der Waals surface area (Å²) in [7, 11) is 0. The highest BCUT2D eigenvalue weighted by molar-refractivity contribution is 5.11.